The van der Waals surface area contributed by atoms with Gasteiger partial charge in [0.25, 0.3) is 0 Å². The second kappa shape index (κ2) is 30.8. The van der Waals surface area contributed by atoms with Crippen LogP contribution in [0.15, 0.2) is 29.3 Å². The maximum absolute atomic E-state index is 14.1. The van der Waals surface area contributed by atoms with Crippen LogP contribution >= 0.6 is 0 Å². The Balaban J connectivity index is 1.81. The third kappa shape index (κ3) is 21.2. The fourth-order valence-electron chi connectivity index (χ4n) is 8.59. The van der Waals surface area contributed by atoms with Crippen LogP contribution in [0.5, 0.6) is 5.75 Å². The first-order chi connectivity index (χ1) is 36.2. The van der Waals surface area contributed by atoms with Gasteiger partial charge >= 0.3 is 0 Å². The molecule has 27 heteroatoms. The van der Waals surface area contributed by atoms with Crippen LogP contribution in [0.1, 0.15) is 105 Å². The molecular formula is C50H80N14O13. The molecule has 0 aromatic heterocycles. The molecule has 77 heavy (non-hydrogen) atoms. The zero-order valence-corrected chi connectivity index (χ0v) is 44.9. The lowest BCUT2D eigenvalue weighted by Gasteiger charge is -2.30. The summed E-state index contributed by atoms with van der Waals surface area (Å²) in [5, 5.41) is 43.5. The van der Waals surface area contributed by atoms with Crippen molar-refractivity contribution >= 4 is 70.9 Å². The summed E-state index contributed by atoms with van der Waals surface area (Å²) in [4.78, 5) is 152. The molecule has 0 unspecified atom stereocenters. The Hall–Kier alpha value is -7.58. The zero-order chi connectivity index (χ0) is 57.7. The monoisotopic (exact) mass is 1080 g/mol. The van der Waals surface area contributed by atoms with Gasteiger partial charge in [-0.2, -0.15) is 0 Å². The van der Waals surface area contributed by atoms with E-state index in [1.807, 2.05) is 0 Å². The van der Waals surface area contributed by atoms with E-state index in [9.17, 15) is 63.0 Å². The molecule has 2 fully saturated rings. The quantitative estimate of drug-likeness (QED) is 0.0199. The zero-order valence-electron chi connectivity index (χ0n) is 44.9. The fraction of sp³-hybridized carbons (Fsp3) is 0.640. The minimum absolute atomic E-state index is 0.0238. The summed E-state index contributed by atoms with van der Waals surface area (Å²) in [5.41, 5.74) is 16.6. The van der Waals surface area contributed by atoms with E-state index in [0.29, 0.717) is 12.0 Å². The third-order valence-corrected chi connectivity index (χ3v) is 12.7. The number of benzene rings is 1. The molecule has 0 radical (unpaired) electrons. The van der Waals surface area contributed by atoms with Crippen LogP contribution in [0.25, 0.3) is 0 Å². The molecule has 428 valence electrons. The van der Waals surface area contributed by atoms with Crippen LogP contribution < -0.4 is 65.1 Å². The number of guanidine groups is 1. The first kappa shape index (κ1) is 63.7. The van der Waals surface area contributed by atoms with Crippen molar-refractivity contribution in [2.75, 3.05) is 26.2 Å². The van der Waals surface area contributed by atoms with E-state index in [2.05, 4.69) is 52.8 Å². The van der Waals surface area contributed by atoms with Gasteiger partial charge in [-0.25, -0.2) is 0 Å². The van der Waals surface area contributed by atoms with Gasteiger partial charge in [-0.15, -0.1) is 0 Å². The predicted octanol–water partition coefficient (Wildman–Crippen LogP) is -3.99. The Bertz CT molecular complexity index is 2290. The lowest BCUT2D eigenvalue weighted by molar-refractivity contribution is -0.142. The Morgan fingerprint density at radius 2 is 1.23 bits per heavy atom. The number of rotatable bonds is 30. The van der Waals surface area contributed by atoms with Gasteiger partial charge in [-0.05, 0) is 87.3 Å². The molecule has 1 aromatic carbocycles. The van der Waals surface area contributed by atoms with Gasteiger partial charge in [0.05, 0.1) is 13.2 Å². The number of aromatic hydroxyl groups is 1. The molecule has 17 N–H and O–H groups in total. The number of carbonyl (C=O) groups is 11. The van der Waals surface area contributed by atoms with Gasteiger partial charge in [-0.1, -0.05) is 53.7 Å². The Labute approximate surface area is 447 Å². The molecule has 2 aliphatic heterocycles. The Morgan fingerprint density at radius 1 is 0.688 bits per heavy atom. The van der Waals surface area contributed by atoms with Crippen molar-refractivity contribution in [1.29, 1.82) is 0 Å². The number of nitrogens with zero attached hydrogens (tertiary/aromatic N) is 2. The lowest BCUT2D eigenvalue weighted by Crippen LogP contribution is -2.61. The largest absolute Gasteiger partial charge is 0.508 e. The van der Waals surface area contributed by atoms with E-state index < -0.39 is 133 Å². The molecule has 0 spiro atoms. The molecular weight excluding hydrogens is 1000 g/mol. The summed E-state index contributed by atoms with van der Waals surface area (Å²) in [6, 6.07) is -5.50. The molecule has 1 aromatic rings. The van der Waals surface area contributed by atoms with Crippen LogP contribution in [0.2, 0.25) is 0 Å². The number of aliphatic hydroxyl groups excluding tert-OH is 1. The number of carbonyl (C=O) groups excluding carboxylic acids is 11. The highest BCUT2D eigenvalue weighted by molar-refractivity contribution is 5.99. The molecule has 0 aliphatic carbocycles. The fourth-order valence-corrected chi connectivity index (χ4v) is 8.59. The van der Waals surface area contributed by atoms with Crippen molar-refractivity contribution in [3.05, 3.63) is 29.8 Å². The summed E-state index contributed by atoms with van der Waals surface area (Å²) in [5.74, 6) is -9.05. The van der Waals surface area contributed by atoms with E-state index in [1.54, 1.807) is 41.5 Å². The van der Waals surface area contributed by atoms with Gasteiger partial charge in [0, 0.05) is 25.9 Å². The second-order valence-corrected chi connectivity index (χ2v) is 20.6. The maximum atomic E-state index is 14.1. The number of aliphatic hydroxyl groups is 1. The van der Waals surface area contributed by atoms with Gasteiger partial charge in [0.1, 0.15) is 60.1 Å². The molecule has 0 saturated carbocycles. The van der Waals surface area contributed by atoms with Crippen LogP contribution in [-0.4, -0.2) is 167 Å². The Morgan fingerprint density at radius 3 is 1.77 bits per heavy atom. The standard InChI is InChI=1S/C50H80N14O13/c1-25(2)20-33(44(72)58-32(10-8-18-54-50(52)53)49(77)64-19-9-11-37(64)47(75)55-23-38(51)67)59-41(69)28(7)56-43(71)35(22-29-12-14-30(66)15-13-29)60-46(74)36(24-65)62-45(73)34(21-26(3)4)61-48(76)40(27(5)6)63-42(70)31-16-17-39(68)57-31/h12-15,25-28,31-37,40,65-66H,8-11,16-24H2,1-7H3,(H2,51,67)(H,55,75)(H,56,71)(H,57,68)(H,58,72)(H,59,69)(H,60,74)(H,61,76)(H,62,73)(H,63,70)(H4,52,53,54)/t28-,31+,32+,33+,34+,35+,36+,37+,40+/m1/s1. The summed E-state index contributed by atoms with van der Waals surface area (Å²) in [6.07, 6.45) is 1.31. The average molecular weight is 1090 g/mol. The number of likely N-dealkylation sites (tertiary alicyclic amines) is 1. The number of nitrogens with one attached hydrogen (secondary N) is 9. The number of hydrogen-bond acceptors (Lipinski definition) is 14. The highest BCUT2D eigenvalue weighted by atomic mass is 16.3. The number of primary amides is 1. The minimum Gasteiger partial charge on any atom is -0.508 e. The molecule has 11 amide bonds. The first-order valence-corrected chi connectivity index (χ1v) is 25.9. The molecule has 0 bridgehead atoms. The first-order valence-electron chi connectivity index (χ1n) is 25.9. The minimum atomic E-state index is -1.68. The third-order valence-electron chi connectivity index (χ3n) is 12.7. The number of hydrogen-bond donors (Lipinski definition) is 14. The van der Waals surface area contributed by atoms with Crippen molar-refractivity contribution < 1.29 is 63.0 Å². The lowest BCUT2D eigenvalue weighted by atomic mass is 9.99. The number of aliphatic imine (C=N–C) groups is 1. The smallest absolute Gasteiger partial charge is 0.245 e. The van der Waals surface area contributed by atoms with Crippen molar-refractivity contribution in [1.82, 2.24) is 52.8 Å². The van der Waals surface area contributed by atoms with Crippen LogP contribution in [0.4, 0.5) is 0 Å². The normalized spacial score (nSPS) is 17.8. The SMILES string of the molecule is CC(C)C[C@H](NC(=O)[C@@H](NC(=O)[C@@H]1CCC(=O)N1)C(C)C)C(=O)N[C@@H](CO)C(=O)N[C@@H](Cc1ccc(O)cc1)C(=O)N[C@H](C)C(=O)N[C@@H](CC(C)C)C(=O)N[C@@H](CCCN=C(N)N)C(=O)N1CCC[C@H]1C(=O)NCC(N)=O. The second-order valence-electron chi connectivity index (χ2n) is 20.6. The van der Waals surface area contributed by atoms with Crippen molar-refractivity contribution in [3.63, 3.8) is 0 Å². The molecule has 9 atom stereocenters. The van der Waals surface area contributed by atoms with E-state index in [-0.39, 0.29) is 93.9 Å². The summed E-state index contributed by atoms with van der Waals surface area (Å²) in [6.45, 7) is 10.7. The summed E-state index contributed by atoms with van der Waals surface area (Å²) >= 11 is 0. The average Bonchev–Trinajstić information content (AvgIpc) is 4.04. The summed E-state index contributed by atoms with van der Waals surface area (Å²) < 4.78 is 0. The maximum Gasteiger partial charge on any atom is 0.245 e. The van der Waals surface area contributed by atoms with Gasteiger partial charge in [0.15, 0.2) is 5.96 Å². The number of phenols is 1. The van der Waals surface area contributed by atoms with Crippen LogP contribution in [-0.2, 0) is 59.2 Å². The van der Waals surface area contributed by atoms with Gasteiger partial charge in [0.2, 0.25) is 65.0 Å². The molecule has 27 nitrogen and oxygen atoms in total. The van der Waals surface area contributed by atoms with Crippen molar-refractivity contribution in [3.8, 4) is 5.75 Å². The van der Waals surface area contributed by atoms with E-state index >= 15 is 0 Å². The van der Waals surface area contributed by atoms with E-state index in [1.165, 1.54) is 36.1 Å². The van der Waals surface area contributed by atoms with Crippen LogP contribution in [0, 0.1) is 17.8 Å². The van der Waals surface area contributed by atoms with E-state index in [4.69, 9.17) is 17.2 Å². The topological polar surface area (TPSA) is 430 Å². The van der Waals surface area contributed by atoms with Crippen molar-refractivity contribution in [2.24, 2.45) is 39.9 Å². The van der Waals surface area contributed by atoms with Crippen molar-refractivity contribution in [2.45, 2.75) is 161 Å². The number of phenolic OH excluding ortho intramolecular Hbond substituents is 1. The molecule has 2 heterocycles. The summed E-state index contributed by atoms with van der Waals surface area (Å²) in [7, 11) is 0. The number of amides is 11. The molecule has 3 rings (SSSR count). The molecule has 2 saturated heterocycles. The molecule has 2 aliphatic rings. The number of nitrogens with two attached hydrogens (primary N) is 3. The van der Waals surface area contributed by atoms with Gasteiger partial charge < -0.3 is 80.2 Å². The highest BCUT2D eigenvalue weighted by Gasteiger charge is 2.40. The van der Waals surface area contributed by atoms with E-state index in [0.717, 1.165) is 0 Å². The Kier molecular flexibility index (Phi) is 25.5. The highest BCUT2D eigenvalue weighted by Crippen LogP contribution is 2.21. The van der Waals surface area contributed by atoms with Gasteiger partial charge in [-0.3, -0.25) is 57.7 Å². The predicted molar refractivity (Wildman–Crippen MR) is 280 cm³/mol. The van der Waals surface area contributed by atoms with Crippen LogP contribution in [0.3, 0.4) is 0 Å².